The Morgan fingerprint density at radius 3 is 1.95 bits per heavy atom. The molecule has 0 saturated heterocycles. The van der Waals surface area contributed by atoms with Gasteiger partial charge in [0.25, 0.3) is 0 Å². The lowest BCUT2D eigenvalue weighted by Crippen LogP contribution is -2.13. The number of aryl methyl sites for hydroxylation is 2. The number of hydrogen-bond donors (Lipinski definition) is 1. The Hall–Kier alpha value is -1.51. The third kappa shape index (κ3) is 4.27. The largest absolute Gasteiger partial charge is 0.493 e. The van der Waals surface area contributed by atoms with Crippen molar-refractivity contribution in [3.8, 4) is 5.75 Å². The van der Waals surface area contributed by atoms with Gasteiger partial charge in [0.05, 0.1) is 6.61 Å². The summed E-state index contributed by atoms with van der Waals surface area (Å²) in [5, 5.41) is 0. The zero-order chi connectivity index (χ0) is 14.3. The number of ether oxygens (including phenoxy) is 1. The normalized spacial score (nSPS) is 10.5. The summed E-state index contributed by atoms with van der Waals surface area (Å²) in [6.07, 6.45) is 4.86. The Bertz CT molecular complexity index is 400. The third-order valence-electron chi connectivity index (χ3n) is 3.02. The van der Waals surface area contributed by atoms with E-state index < -0.39 is 0 Å². The molecule has 106 valence electrons. The molecule has 0 atom stereocenters. The molecule has 1 aromatic carbocycles. The molecule has 0 aromatic heterocycles. The molecule has 2 N–H and O–H groups in total. The van der Waals surface area contributed by atoms with Crippen LogP contribution in [0.2, 0.25) is 0 Å². The predicted molar refractivity (Wildman–Crippen MR) is 78.7 cm³/mol. The van der Waals surface area contributed by atoms with E-state index in [0.717, 1.165) is 49.0 Å². The fraction of sp³-hybridized carbons (Fsp3) is 0.562. The summed E-state index contributed by atoms with van der Waals surface area (Å²) in [5.74, 6) is 0.604. The molecular formula is C16H25NO2. The van der Waals surface area contributed by atoms with Crippen LogP contribution in [0.1, 0.15) is 61.5 Å². The van der Waals surface area contributed by atoms with Crippen LogP contribution in [-0.4, -0.2) is 12.5 Å². The highest BCUT2D eigenvalue weighted by Crippen LogP contribution is 2.29. The molecule has 0 aliphatic rings. The summed E-state index contributed by atoms with van der Waals surface area (Å²) in [4.78, 5) is 11.4. The number of carbonyl (C=O) groups is 1. The molecule has 3 heteroatoms. The van der Waals surface area contributed by atoms with Gasteiger partial charge in [0, 0.05) is 5.56 Å². The van der Waals surface area contributed by atoms with Crippen molar-refractivity contribution < 1.29 is 9.53 Å². The van der Waals surface area contributed by atoms with E-state index in [0.29, 0.717) is 12.2 Å². The number of rotatable bonds is 8. The lowest BCUT2D eigenvalue weighted by Gasteiger charge is -2.16. The average molecular weight is 263 g/mol. The van der Waals surface area contributed by atoms with Crippen LogP contribution in [-0.2, 0) is 12.8 Å². The second kappa shape index (κ2) is 7.82. The maximum Gasteiger partial charge on any atom is 0.248 e. The van der Waals surface area contributed by atoms with Crippen molar-refractivity contribution >= 4 is 5.91 Å². The van der Waals surface area contributed by atoms with Crippen molar-refractivity contribution in [3.63, 3.8) is 0 Å². The van der Waals surface area contributed by atoms with Crippen LogP contribution in [0.15, 0.2) is 12.1 Å². The molecule has 0 unspecified atom stereocenters. The van der Waals surface area contributed by atoms with Gasteiger partial charge in [-0.05, 0) is 42.5 Å². The highest BCUT2D eigenvalue weighted by atomic mass is 16.5. The SMILES string of the molecule is CCCOc1c(CCC)cc(C(N)=O)cc1CCC. The summed E-state index contributed by atoms with van der Waals surface area (Å²) in [6, 6.07) is 3.77. The van der Waals surface area contributed by atoms with Gasteiger partial charge in [-0.15, -0.1) is 0 Å². The van der Waals surface area contributed by atoms with Crippen molar-refractivity contribution in [2.75, 3.05) is 6.61 Å². The summed E-state index contributed by atoms with van der Waals surface area (Å²) in [7, 11) is 0. The van der Waals surface area contributed by atoms with Gasteiger partial charge in [-0.25, -0.2) is 0 Å². The number of carbonyl (C=O) groups excluding carboxylic acids is 1. The monoisotopic (exact) mass is 263 g/mol. The maximum atomic E-state index is 11.4. The quantitative estimate of drug-likeness (QED) is 0.780. The lowest BCUT2D eigenvalue weighted by molar-refractivity contribution is 0.1000. The molecule has 0 aliphatic heterocycles. The second-order valence-electron chi connectivity index (χ2n) is 4.84. The minimum Gasteiger partial charge on any atom is -0.493 e. The van der Waals surface area contributed by atoms with Crippen LogP contribution in [0, 0.1) is 0 Å². The standard InChI is InChI=1S/C16H25NO2/c1-4-7-12-10-14(16(17)18)11-13(8-5-2)15(12)19-9-6-3/h10-11H,4-9H2,1-3H3,(H2,17,18). The highest BCUT2D eigenvalue weighted by Gasteiger charge is 2.13. The first kappa shape index (κ1) is 15.5. The van der Waals surface area contributed by atoms with E-state index in [1.165, 1.54) is 0 Å². The molecule has 1 rings (SSSR count). The van der Waals surface area contributed by atoms with E-state index in [4.69, 9.17) is 10.5 Å². The molecule has 19 heavy (non-hydrogen) atoms. The second-order valence-corrected chi connectivity index (χ2v) is 4.84. The van der Waals surface area contributed by atoms with Crippen molar-refractivity contribution in [1.82, 2.24) is 0 Å². The molecule has 1 aromatic rings. The van der Waals surface area contributed by atoms with Gasteiger partial charge < -0.3 is 10.5 Å². The van der Waals surface area contributed by atoms with Crippen LogP contribution in [0.25, 0.3) is 0 Å². The van der Waals surface area contributed by atoms with Crippen LogP contribution in [0.3, 0.4) is 0 Å². The topological polar surface area (TPSA) is 52.3 Å². The van der Waals surface area contributed by atoms with Crippen molar-refractivity contribution in [3.05, 3.63) is 28.8 Å². The molecule has 3 nitrogen and oxygen atoms in total. The van der Waals surface area contributed by atoms with Crippen molar-refractivity contribution in [1.29, 1.82) is 0 Å². The maximum absolute atomic E-state index is 11.4. The Balaban J connectivity index is 3.23. The summed E-state index contributed by atoms with van der Waals surface area (Å²) in [5.41, 5.74) is 8.22. The molecule has 0 radical (unpaired) electrons. The molecule has 0 heterocycles. The summed E-state index contributed by atoms with van der Waals surface area (Å²) >= 11 is 0. The number of amides is 1. The van der Waals surface area contributed by atoms with Crippen LogP contribution in [0.4, 0.5) is 0 Å². The number of nitrogens with two attached hydrogens (primary N) is 1. The minimum atomic E-state index is -0.364. The van der Waals surface area contributed by atoms with Gasteiger partial charge >= 0.3 is 0 Å². The first-order valence-electron chi connectivity index (χ1n) is 7.22. The number of primary amides is 1. The molecular weight excluding hydrogens is 238 g/mol. The molecule has 1 amide bonds. The molecule has 0 spiro atoms. The fourth-order valence-corrected chi connectivity index (χ4v) is 2.20. The molecule has 0 bridgehead atoms. The van der Waals surface area contributed by atoms with Crippen LogP contribution < -0.4 is 10.5 Å². The van der Waals surface area contributed by atoms with Crippen molar-refractivity contribution in [2.24, 2.45) is 5.73 Å². The first-order chi connectivity index (χ1) is 9.13. The van der Waals surface area contributed by atoms with Crippen LogP contribution >= 0.6 is 0 Å². The number of benzene rings is 1. The zero-order valence-corrected chi connectivity index (χ0v) is 12.3. The predicted octanol–water partition coefficient (Wildman–Crippen LogP) is 3.48. The van der Waals surface area contributed by atoms with E-state index in [2.05, 4.69) is 20.8 Å². The first-order valence-corrected chi connectivity index (χ1v) is 7.22. The van der Waals surface area contributed by atoms with Gasteiger partial charge in [-0.1, -0.05) is 33.6 Å². The van der Waals surface area contributed by atoms with Gasteiger partial charge in [-0.3, -0.25) is 4.79 Å². The van der Waals surface area contributed by atoms with Gasteiger partial charge in [-0.2, -0.15) is 0 Å². The van der Waals surface area contributed by atoms with E-state index in [9.17, 15) is 4.79 Å². The third-order valence-corrected chi connectivity index (χ3v) is 3.02. The number of hydrogen-bond acceptors (Lipinski definition) is 2. The van der Waals surface area contributed by atoms with E-state index >= 15 is 0 Å². The van der Waals surface area contributed by atoms with Gasteiger partial charge in [0.2, 0.25) is 5.91 Å². The van der Waals surface area contributed by atoms with Gasteiger partial charge in [0.15, 0.2) is 0 Å². The summed E-state index contributed by atoms with van der Waals surface area (Å²) < 4.78 is 5.91. The zero-order valence-electron chi connectivity index (χ0n) is 12.3. The average Bonchev–Trinajstić information content (AvgIpc) is 2.38. The van der Waals surface area contributed by atoms with E-state index in [1.54, 1.807) is 0 Å². The molecule has 0 saturated carbocycles. The Labute approximate surface area is 116 Å². The molecule has 0 aliphatic carbocycles. The summed E-state index contributed by atoms with van der Waals surface area (Å²) in [6.45, 7) is 7.06. The minimum absolute atomic E-state index is 0.364. The van der Waals surface area contributed by atoms with Crippen molar-refractivity contribution in [2.45, 2.75) is 52.9 Å². The van der Waals surface area contributed by atoms with E-state index in [1.807, 2.05) is 12.1 Å². The fourth-order valence-electron chi connectivity index (χ4n) is 2.20. The van der Waals surface area contributed by atoms with E-state index in [-0.39, 0.29) is 5.91 Å². The molecule has 0 fully saturated rings. The van der Waals surface area contributed by atoms with Crippen LogP contribution in [0.5, 0.6) is 5.75 Å². The highest BCUT2D eigenvalue weighted by molar-refractivity contribution is 5.93. The Kier molecular flexibility index (Phi) is 6.40. The Morgan fingerprint density at radius 1 is 1.05 bits per heavy atom. The van der Waals surface area contributed by atoms with Gasteiger partial charge in [0.1, 0.15) is 5.75 Å². The smallest absolute Gasteiger partial charge is 0.248 e. The lowest BCUT2D eigenvalue weighted by atomic mass is 9.98. The Morgan fingerprint density at radius 2 is 1.58 bits per heavy atom.